The average Bonchev–Trinajstić information content (AvgIpc) is 3.73. The van der Waals surface area contributed by atoms with E-state index < -0.39 is 31.4 Å². The first-order valence-electron chi connectivity index (χ1n) is 17.1. The van der Waals surface area contributed by atoms with Crippen molar-refractivity contribution in [1.29, 1.82) is 0 Å². The molecule has 0 fully saturated rings. The van der Waals surface area contributed by atoms with Gasteiger partial charge < -0.3 is 14.5 Å². The zero-order valence-corrected chi connectivity index (χ0v) is 34.0. The number of nitrogens with zero attached hydrogens (tertiary/aromatic N) is 3. The highest BCUT2D eigenvalue weighted by Gasteiger charge is 2.24. The Morgan fingerprint density at radius 1 is 0.727 bits per heavy atom. The van der Waals surface area contributed by atoms with Crippen LogP contribution in [-0.4, -0.2) is 60.6 Å². The zero-order valence-electron chi connectivity index (χ0n) is 30.8. The fourth-order valence-electron chi connectivity index (χ4n) is 5.92. The maximum Gasteiger partial charge on any atom is 0.420 e. The molecule has 0 saturated carbocycles. The average molecular weight is 844 g/mol. The summed E-state index contributed by atoms with van der Waals surface area (Å²) < 4.78 is 61.1. The van der Waals surface area contributed by atoms with E-state index in [1.165, 1.54) is 17.1 Å². The summed E-state index contributed by atoms with van der Waals surface area (Å²) in [5.41, 5.74) is 5.00. The van der Waals surface area contributed by atoms with Crippen molar-refractivity contribution in [3.63, 3.8) is 0 Å². The second-order valence-corrected chi connectivity index (χ2v) is 18.3. The smallest absolute Gasteiger partial charge is 0.420 e. The van der Waals surface area contributed by atoms with Crippen molar-refractivity contribution in [3.8, 4) is 28.0 Å². The predicted molar refractivity (Wildman–Crippen MR) is 218 cm³/mol. The summed E-state index contributed by atoms with van der Waals surface area (Å²) in [7, 11) is -6.70. The van der Waals surface area contributed by atoms with E-state index in [-0.39, 0.29) is 4.90 Å². The molecule has 0 spiro atoms. The van der Waals surface area contributed by atoms with E-state index in [1.807, 2.05) is 60.7 Å². The number of H-pyrrole nitrogens is 1. The molecule has 284 valence electrons. The van der Waals surface area contributed by atoms with Gasteiger partial charge in [0.15, 0.2) is 19.7 Å². The van der Waals surface area contributed by atoms with Gasteiger partial charge in [-0.05, 0) is 80.4 Å². The van der Waals surface area contributed by atoms with E-state index in [2.05, 4.69) is 30.9 Å². The Labute approximate surface area is 328 Å². The Hall–Kier alpha value is -5.31. The van der Waals surface area contributed by atoms with Gasteiger partial charge in [-0.3, -0.25) is 0 Å². The van der Waals surface area contributed by atoms with Crippen LogP contribution in [0.2, 0.25) is 0 Å². The van der Waals surface area contributed by atoms with Gasteiger partial charge in [0.25, 0.3) is 0 Å². The van der Waals surface area contributed by atoms with Gasteiger partial charge in [-0.25, -0.2) is 36.2 Å². The lowest BCUT2D eigenvalue weighted by molar-refractivity contribution is 0.0540. The number of alkyl halides is 1. The summed E-state index contributed by atoms with van der Waals surface area (Å²) in [6.07, 6.45) is 1.90. The lowest BCUT2D eigenvalue weighted by Crippen LogP contribution is -2.27. The van der Waals surface area contributed by atoms with Gasteiger partial charge in [0.2, 0.25) is 0 Å². The van der Waals surface area contributed by atoms with Gasteiger partial charge in [-0.15, -0.1) is 0 Å². The van der Waals surface area contributed by atoms with E-state index in [1.54, 1.807) is 75.4 Å². The fraction of sp³-hybridized carbons (Fsp3) is 0.195. The fourth-order valence-corrected chi connectivity index (χ4v) is 8.12. The standard InChI is InChI=1S/C21H18N2O3S.C20H21BrN2O4S/c1-27(24,25)20-10-6-5-9-17(20)15-11-12-18-19(13-15)23-21(22-18)14-26-16-7-3-2-4-8-16;1-20(2,3)27-19(24)23-16-10-9-13(11-15(16)22-18(23)12-21)14-7-5-6-8-17(14)28(4,25)26/h2-13H,14H2,1H3,(H,22,23);5-11H,12H2,1-4H3. The largest absolute Gasteiger partial charge is 0.486 e. The molecule has 0 radical (unpaired) electrons. The van der Waals surface area contributed by atoms with Crippen molar-refractivity contribution in [2.75, 3.05) is 12.5 Å². The third kappa shape index (κ3) is 9.32. The molecule has 0 atom stereocenters. The Bertz CT molecular complexity index is 2740. The van der Waals surface area contributed by atoms with Gasteiger partial charge in [0.1, 0.15) is 29.6 Å². The SMILES string of the molecule is CC(C)(C)OC(=O)n1c(CBr)nc2cc(-c3ccccc3S(C)(=O)=O)ccc21.CS(=O)(=O)c1ccccc1-c1ccc2nc(COc3ccccc3)[nH]c2c1. The van der Waals surface area contributed by atoms with Gasteiger partial charge in [0, 0.05) is 23.6 Å². The van der Waals surface area contributed by atoms with E-state index in [9.17, 15) is 21.6 Å². The number of hydrogen-bond donors (Lipinski definition) is 1. The van der Waals surface area contributed by atoms with Crippen LogP contribution in [0.15, 0.2) is 125 Å². The van der Waals surface area contributed by atoms with E-state index in [4.69, 9.17) is 9.47 Å². The Morgan fingerprint density at radius 2 is 1.29 bits per heavy atom. The number of rotatable bonds is 8. The first-order chi connectivity index (χ1) is 26.0. The highest BCUT2D eigenvalue weighted by atomic mass is 79.9. The lowest BCUT2D eigenvalue weighted by Gasteiger charge is -2.20. The highest BCUT2D eigenvalue weighted by Crippen LogP contribution is 2.32. The van der Waals surface area contributed by atoms with Crippen LogP contribution in [-0.2, 0) is 36.3 Å². The van der Waals surface area contributed by atoms with Crippen LogP contribution < -0.4 is 4.74 Å². The number of imidazole rings is 2. The second-order valence-electron chi connectivity index (χ2n) is 13.7. The molecular formula is C41H39BrN4O7S2. The van der Waals surface area contributed by atoms with Gasteiger partial charge >= 0.3 is 6.09 Å². The van der Waals surface area contributed by atoms with Crippen molar-refractivity contribution in [2.24, 2.45) is 0 Å². The predicted octanol–water partition coefficient (Wildman–Crippen LogP) is 9.00. The second kappa shape index (κ2) is 15.8. The number of hydrogen-bond acceptors (Lipinski definition) is 9. The molecule has 1 N–H and O–H groups in total. The minimum Gasteiger partial charge on any atom is -0.486 e. The number of benzene rings is 5. The summed E-state index contributed by atoms with van der Waals surface area (Å²) >= 11 is 3.37. The van der Waals surface area contributed by atoms with Gasteiger partial charge in [0.05, 0.1) is 37.2 Å². The van der Waals surface area contributed by atoms with Crippen LogP contribution in [0.1, 0.15) is 32.4 Å². The molecule has 55 heavy (non-hydrogen) atoms. The van der Waals surface area contributed by atoms with Crippen molar-refractivity contribution < 1.29 is 31.1 Å². The molecule has 2 heterocycles. The maximum atomic E-state index is 12.7. The first-order valence-corrected chi connectivity index (χ1v) is 22.0. The number of sulfone groups is 2. The number of para-hydroxylation sites is 1. The third-order valence-corrected chi connectivity index (χ3v) is 11.1. The number of aromatic amines is 1. The molecule has 7 aromatic rings. The summed E-state index contributed by atoms with van der Waals surface area (Å²) in [6.45, 7) is 5.74. The Morgan fingerprint density at radius 3 is 1.87 bits per heavy atom. The molecule has 0 unspecified atom stereocenters. The van der Waals surface area contributed by atoms with Crippen LogP contribution in [0.3, 0.4) is 0 Å². The highest BCUT2D eigenvalue weighted by molar-refractivity contribution is 9.08. The molecular weight excluding hydrogens is 805 g/mol. The monoisotopic (exact) mass is 842 g/mol. The Kier molecular flexibility index (Phi) is 11.3. The van der Waals surface area contributed by atoms with Crippen molar-refractivity contribution in [1.82, 2.24) is 19.5 Å². The number of halogens is 1. The van der Waals surface area contributed by atoms with Crippen LogP contribution in [0, 0.1) is 0 Å². The molecule has 0 bridgehead atoms. The molecule has 2 aromatic heterocycles. The van der Waals surface area contributed by atoms with Gasteiger partial charge in [-0.2, -0.15) is 0 Å². The molecule has 0 aliphatic rings. The van der Waals surface area contributed by atoms with Crippen LogP contribution in [0.25, 0.3) is 44.3 Å². The Balaban J connectivity index is 0.000000187. The van der Waals surface area contributed by atoms with Crippen molar-refractivity contribution in [3.05, 3.63) is 127 Å². The third-order valence-electron chi connectivity index (χ3n) is 8.26. The zero-order chi connectivity index (χ0) is 39.5. The van der Waals surface area contributed by atoms with Crippen LogP contribution in [0.4, 0.5) is 4.79 Å². The molecule has 5 aromatic carbocycles. The van der Waals surface area contributed by atoms with E-state index in [0.717, 1.165) is 22.3 Å². The molecule has 0 saturated heterocycles. The summed E-state index contributed by atoms with van der Waals surface area (Å²) in [6, 6.07) is 34.4. The number of carbonyl (C=O) groups is 1. The molecule has 0 amide bonds. The summed E-state index contributed by atoms with van der Waals surface area (Å²) in [5.74, 6) is 2.00. The molecule has 7 rings (SSSR count). The van der Waals surface area contributed by atoms with Crippen LogP contribution >= 0.6 is 15.9 Å². The summed E-state index contributed by atoms with van der Waals surface area (Å²) in [5, 5.41) is 0.371. The molecule has 0 aliphatic carbocycles. The maximum absolute atomic E-state index is 12.7. The number of fused-ring (bicyclic) bond motifs is 2. The topological polar surface area (TPSA) is 150 Å². The van der Waals surface area contributed by atoms with Crippen molar-refractivity contribution >= 4 is 63.8 Å². The summed E-state index contributed by atoms with van der Waals surface area (Å²) in [4.78, 5) is 25.5. The van der Waals surface area contributed by atoms with Crippen LogP contribution in [0.5, 0.6) is 5.75 Å². The van der Waals surface area contributed by atoms with E-state index >= 15 is 0 Å². The number of aromatic nitrogens is 4. The quantitative estimate of drug-likeness (QED) is 0.148. The number of ether oxygens (including phenoxy) is 2. The number of carbonyl (C=O) groups excluding carboxylic acids is 1. The lowest BCUT2D eigenvalue weighted by atomic mass is 10.1. The number of nitrogens with one attached hydrogen (secondary N) is 1. The minimum absolute atomic E-state index is 0.252. The molecule has 14 heteroatoms. The van der Waals surface area contributed by atoms with Crippen molar-refractivity contribution in [2.45, 2.75) is 48.1 Å². The molecule has 11 nitrogen and oxygen atoms in total. The first kappa shape index (κ1) is 39.4. The van der Waals surface area contributed by atoms with Gasteiger partial charge in [-0.1, -0.05) is 82.7 Å². The van der Waals surface area contributed by atoms with E-state index in [0.29, 0.717) is 56.2 Å². The normalized spacial score (nSPS) is 12.0. The minimum atomic E-state index is -3.38. The molecule has 0 aliphatic heterocycles.